The molecule has 0 radical (unpaired) electrons. The van der Waals surface area contributed by atoms with Crippen LogP contribution in [-0.2, 0) is 28.5 Å². The van der Waals surface area contributed by atoms with E-state index in [9.17, 15) is 9.59 Å². The van der Waals surface area contributed by atoms with Gasteiger partial charge in [-0.2, -0.15) is 0 Å². The monoisotopic (exact) mass is 425 g/mol. The number of carbonyl (C=O) groups excluding carboxylic acids is 2. The first-order chi connectivity index (χ1) is 14.7. The summed E-state index contributed by atoms with van der Waals surface area (Å²) in [5.74, 6) is -0.626. The molecule has 0 bridgehead atoms. The zero-order chi connectivity index (χ0) is 21.9. The van der Waals surface area contributed by atoms with E-state index in [0.29, 0.717) is 51.8 Å². The van der Waals surface area contributed by atoms with Crippen LogP contribution in [0.3, 0.4) is 0 Å². The lowest BCUT2D eigenvalue weighted by Crippen LogP contribution is -2.14. The molecular weight excluding hydrogens is 390 g/mol. The second kappa shape index (κ2) is 17.7. The van der Waals surface area contributed by atoms with Crippen molar-refractivity contribution >= 4 is 17.6 Å². The van der Waals surface area contributed by atoms with Gasteiger partial charge in [-0.1, -0.05) is 13.3 Å². The lowest BCUT2D eigenvalue weighted by Gasteiger charge is -2.08. The summed E-state index contributed by atoms with van der Waals surface area (Å²) < 4.78 is 26.0. The quantitative estimate of drug-likeness (QED) is 0.283. The SMILES string of the molecule is CCCCNc1ccc(C(=O)OCCOCCOCCOCCC(=O)OCC)cc1. The Morgan fingerprint density at radius 2 is 1.40 bits per heavy atom. The number of rotatable bonds is 18. The molecule has 1 aromatic rings. The van der Waals surface area contributed by atoms with Gasteiger partial charge in [0, 0.05) is 12.2 Å². The maximum Gasteiger partial charge on any atom is 0.338 e. The number of hydrogen-bond donors (Lipinski definition) is 1. The summed E-state index contributed by atoms with van der Waals surface area (Å²) >= 11 is 0. The number of anilines is 1. The highest BCUT2D eigenvalue weighted by Crippen LogP contribution is 2.10. The van der Waals surface area contributed by atoms with Crippen molar-refractivity contribution in [3.63, 3.8) is 0 Å². The average molecular weight is 426 g/mol. The number of unbranched alkanes of at least 4 members (excludes halogenated alkanes) is 1. The van der Waals surface area contributed by atoms with Gasteiger partial charge in [-0.05, 0) is 37.6 Å². The van der Waals surface area contributed by atoms with Crippen molar-refractivity contribution in [1.82, 2.24) is 0 Å². The van der Waals surface area contributed by atoms with E-state index in [1.165, 1.54) is 0 Å². The van der Waals surface area contributed by atoms with Gasteiger partial charge in [0.1, 0.15) is 6.61 Å². The Kier molecular flexibility index (Phi) is 15.2. The molecule has 170 valence electrons. The van der Waals surface area contributed by atoms with Crippen LogP contribution in [0.25, 0.3) is 0 Å². The van der Waals surface area contributed by atoms with Crippen LogP contribution < -0.4 is 5.32 Å². The van der Waals surface area contributed by atoms with Crippen molar-refractivity contribution in [2.24, 2.45) is 0 Å². The molecule has 1 N–H and O–H groups in total. The van der Waals surface area contributed by atoms with Crippen LogP contribution in [0.1, 0.15) is 43.5 Å². The van der Waals surface area contributed by atoms with Crippen molar-refractivity contribution in [3.05, 3.63) is 29.8 Å². The van der Waals surface area contributed by atoms with Crippen molar-refractivity contribution in [1.29, 1.82) is 0 Å². The van der Waals surface area contributed by atoms with Crippen molar-refractivity contribution < 1.29 is 33.3 Å². The Morgan fingerprint density at radius 1 is 0.800 bits per heavy atom. The van der Waals surface area contributed by atoms with Crippen LogP contribution in [0.2, 0.25) is 0 Å². The topological polar surface area (TPSA) is 92.3 Å². The van der Waals surface area contributed by atoms with Crippen LogP contribution >= 0.6 is 0 Å². The highest BCUT2D eigenvalue weighted by atomic mass is 16.6. The molecule has 30 heavy (non-hydrogen) atoms. The highest BCUT2D eigenvalue weighted by molar-refractivity contribution is 5.89. The van der Waals surface area contributed by atoms with Crippen molar-refractivity contribution in [3.8, 4) is 0 Å². The second-order valence-corrected chi connectivity index (χ2v) is 6.39. The summed E-state index contributed by atoms with van der Waals surface area (Å²) in [6.07, 6.45) is 2.49. The maximum atomic E-state index is 12.0. The van der Waals surface area contributed by atoms with E-state index in [1.807, 2.05) is 12.1 Å². The predicted molar refractivity (Wildman–Crippen MR) is 114 cm³/mol. The van der Waals surface area contributed by atoms with Crippen LogP contribution in [0, 0.1) is 0 Å². The van der Waals surface area contributed by atoms with Crippen LogP contribution in [-0.4, -0.2) is 71.3 Å². The molecule has 0 aliphatic carbocycles. The molecule has 0 amide bonds. The maximum absolute atomic E-state index is 12.0. The molecular formula is C22H35NO7. The Hall–Kier alpha value is -2.16. The number of hydrogen-bond acceptors (Lipinski definition) is 8. The summed E-state index contributed by atoms with van der Waals surface area (Å²) in [4.78, 5) is 23.1. The summed E-state index contributed by atoms with van der Waals surface area (Å²) in [5, 5.41) is 3.30. The van der Waals surface area contributed by atoms with Gasteiger partial charge in [-0.25, -0.2) is 4.79 Å². The molecule has 0 spiro atoms. The molecule has 0 aliphatic heterocycles. The molecule has 0 fully saturated rings. The van der Waals surface area contributed by atoms with E-state index >= 15 is 0 Å². The third kappa shape index (κ3) is 13.1. The molecule has 1 aromatic carbocycles. The number of ether oxygens (including phenoxy) is 5. The lowest BCUT2D eigenvalue weighted by atomic mass is 10.2. The molecule has 0 saturated heterocycles. The summed E-state index contributed by atoms with van der Waals surface area (Å²) in [7, 11) is 0. The van der Waals surface area contributed by atoms with Crippen LogP contribution in [0.5, 0.6) is 0 Å². The van der Waals surface area contributed by atoms with E-state index in [1.54, 1.807) is 19.1 Å². The largest absolute Gasteiger partial charge is 0.466 e. The summed E-state index contributed by atoms with van der Waals surface area (Å²) in [6.45, 7) is 7.68. The molecule has 0 aliphatic rings. The lowest BCUT2D eigenvalue weighted by molar-refractivity contribution is -0.144. The fourth-order valence-electron chi connectivity index (χ4n) is 2.34. The van der Waals surface area contributed by atoms with Gasteiger partial charge in [0.05, 0.1) is 58.2 Å². The predicted octanol–water partition coefficient (Wildman–Crippen LogP) is 3.06. The van der Waals surface area contributed by atoms with Crippen molar-refractivity contribution in [2.75, 3.05) is 64.7 Å². The Morgan fingerprint density at radius 3 is 2.00 bits per heavy atom. The molecule has 0 unspecified atom stereocenters. The Balaban J connectivity index is 1.95. The van der Waals surface area contributed by atoms with Gasteiger partial charge in [-0.3, -0.25) is 4.79 Å². The zero-order valence-electron chi connectivity index (χ0n) is 18.2. The normalized spacial score (nSPS) is 10.6. The standard InChI is InChI=1S/C22H35NO7/c1-3-5-11-23-20-8-6-19(7-9-20)22(25)30-18-17-28-16-15-27-14-13-26-12-10-21(24)29-4-2/h6-9,23H,3-5,10-18H2,1-2H3. The summed E-state index contributed by atoms with van der Waals surface area (Å²) in [5.41, 5.74) is 1.51. The van der Waals surface area contributed by atoms with Gasteiger partial charge in [0.2, 0.25) is 0 Å². The first kappa shape index (κ1) is 25.9. The molecule has 1 rings (SSSR count). The van der Waals surface area contributed by atoms with E-state index < -0.39 is 0 Å². The van der Waals surface area contributed by atoms with Gasteiger partial charge >= 0.3 is 11.9 Å². The Labute approximate surface area is 179 Å². The van der Waals surface area contributed by atoms with Gasteiger partial charge in [-0.15, -0.1) is 0 Å². The van der Waals surface area contributed by atoms with E-state index in [-0.39, 0.29) is 25.0 Å². The molecule has 0 heterocycles. The fourth-order valence-corrected chi connectivity index (χ4v) is 2.34. The molecule has 8 nitrogen and oxygen atoms in total. The molecule has 0 saturated carbocycles. The zero-order valence-corrected chi connectivity index (χ0v) is 18.2. The highest BCUT2D eigenvalue weighted by Gasteiger charge is 2.06. The molecule has 0 atom stereocenters. The van der Waals surface area contributed by atoms with E-state index in [2.05, 4.69) is 12.2 Å². The van der Waals surface area contributed by atoms with E-state index in [0.717, 1.165) is 25.1 Å². The molecule has 0 aromatic heterocycles. The molecule has 8 heteroatoms. The minimum absolute atomic E-state index is 0.187. The third-order valence-corrected chi connectivity index (χ3v) is 3.94. The first-order valence-electron chi connectivity index (χ1n) is 10.6. The minimum Gasteiger partial charge on any atom is -0.466 e. The number of benzene rings is 1. The van der Waals surface area contributed by atoms with Crippen molar-refractivity contribution in [2.45, 2.75) is 33.1 Å². The average Bonchev–Trinajstić information content (AvgIpc) is 2.75. The third-order valence-electron chi connectivity index (χ3n) is 3.94. The number of nitrogens with one attached hydrogen (secondary N) is 1. The second-order valence-electron chi connectivity index (χ2n) is 6.39. The van der Waals surface area contributed by atoms with Crippen LogP contribution in [0.4, 0.5) is 5.69 Å². The number of carbonyl (C=O) groups is 2. The smallest absolute Gasteiger partial charge is 0.338 e. The fraction of sp³-hybridized carbons (Fsp3) is 0.636. The minimum atomic E-state index is -0.366. The van der Waals surface area contributed by atoms with Gasteiger partial charge in [0.15, 0.2) is 0 Å². The summed E-state index contributed by atoms with van der Waals surface area (Å²) in [6, 6.07) is 7.25. The van der Waals surface area contributed by atoms with Gasteiger partial charge < -0.3 is 29.0 Å². The Bertz CT molecular complexity index is 577. The van der Waals surface area contributed by atoms with Crippen LogP contribution in [0.15, 0.2) is 24.3 Å². The van der Waals surface area contributed by atoms with E-state index in [4.69, 9.17) is 23.7 Å². The van der Waals surface area contributed by atoms with Gasteiger partial charge in [0.25, 0.3) is 0 Å². The first-order valence-corrected chi connectivity index (χ1v) is 10.6. The number of esters is 2.